The van der Waals surface area contributed by atoms with Gasteiger partial charge in [-0.15, -0.1) is 0 Å². The number of nitriles is 2. The highest BCUT2D eigenvalue weighted by atomic mass is 32.2. The van der Waals surface area contributed by atoms with Gasteiger partial charge in [0.25, 0.3) is 0 Å². The number of nitrogens with zero attached hydrogens (tertiary/aromatic N) is 3. The van der Waals surface area contributed by atoms with Crippen LogP contribution in [0.15, 0.2) is 29.2 Å². The first-order valence-corrected chi connectivity index (χ1v) is 7.43. The first-order valence-electron chi connectivity index (χ1n) is 5.99. The Balaban J connectivity index is 2.40. The number of hydrogen-bond acceptors (Lipinski definition) is 4. The fraction of sp³-hybridized carbons (Fsp3) is 0.385. The van der Waals surface area contributed by atoms with Gasteiger partial charge in [0.2, 0.25) is 10.0 Å². The maximum absolute atomic E-state index is 12.6. The highest BCUT2D eigenvalue weighted by molar-refractivity contribution is 7.89. The average molecular weight is 275 g/mol. The van der Waals surface area contributed by atoms with Gasteiger partial charge in [0.1, 0.15) is 6.07 Å². The number of sulfonamides is 1. The molecule has 1 aliphatic carbocycles. The van der Waals surface area contributed by atoms with Crippen LogP contribution in [0.5, 0.6) is 0 Å². The minimum absolute atomic E-state index is 0.0231. The molecule has 19 heavy (non-hydrogen) atoms. The Labute approximate surface area is 112 Å². The van der Waals surface area contributed by atoms with Gasteiger partial charge in [0.05, 0.1) is 16.5 Å². The molecular weight excluding hydrogens is 262 g/mol. The smallest absolute Gasteiger partial charge is 0.207 e. The van der Waals surface area contributed by atoms with Crippen molar-refractivity contribution in [3.05, 3.63) is 29.8 Å². The van der Waals surface area contributed by atoms with E-state index in [1.54, 1.807) is 12.1 Å². The van der Waals surface area contributed by atoms with Crippen molar-refractivity contribution >= 4 is 10.0 Å². The summed E-state index contributed by atoms with van der Waals surface area (Å²) in [5.74, 6) is 0. The van der Waals surface area contributed by atoms with Crippen LogP contribution in [-0.4, -0.2) is 25.3 Å². The summed E-state index contributed by atoms with van der Waals surface area (Å²) in [6, 6.07) is 10.0. The summed E-state index contributed by atoms with van der Waals surface area (Å²) < 4.78 is 26.5. The van der Waals surface area contributed by atoms with Crippen LogP contribution >= 0.6 is 0 Å². The van der Waals surface area contributed by atoms with E-state index in [1.165, 1.54) is 16.4 Å². The second kappa shape index (κ2) is 5.40. The largest absolute Gasteiger partial charge is 0.244 e. The molecule has 0 bridgehead atoms. The van der Waals surface area contributed by atoms with E-state index in [-0.39, 0.29) is 29.5 Å². The molecule has 0 atom stereocenters. The van der Waals surface area contributed by atoms with E-state index in [4.69, 9.17) is 10.5 Å². The van der Waals surface area contributed by atoms with Gasteiger partial charge in [-0.25, -0.2) is 8.42 Å². The Morgan fingerprint density at radius 1 is 1.26 bits per heavy atom. The molecular formula is C13H13N3O2S. The quantitative estimate of drug-likeness (QED) is 0.817. The SMILES string of the molecule is N#CCCN(C1CC1)S(=O)(=O)c1ccccc1C#N. The van der Waals surface area contributed by atoms with Crippen molar-refractivity contribution in [1.29, 1.82) is 10.5 Å². The molecule has 2 rings (SSSR count). The zero-order valence-corrected chi connectivity index (χ0v) is 11.1. The topological polar surface area (TPSA) is 85.0 Å². The minimum Gasteiger partial charge on any atom is -0.207 e. The van der Waals surface area contributed by atoms with E-state index in [2.05, 4.69) is 0 Å². The van der Waals surface area contributed by atoms with Gasteiger partial charge in [-0.1, -0.05) is 12.1 Å². The van der Waals surface area contributed by atoms with Crippen LogP contribution in [0.1, 0.15) is 24.8 Å². The van der Waals surface area contributed by atoms with Gasteiger partial charge in [0, 0.05) is 19.0 Å². The zero-order valence-electron chi connectivity index (χ0n) is 10.3. The molecule has 1 aromatic rings. The Morgan fingerprint density at radius 3 is 2.53 bits per heavy atom. The molecule has 0 saturated heterocycles. The monoisotopic (exact) mass is 275 g/mol. The van der Waals surface area contributed by atoms with Gasteiger partial charge in [-0.3, -0.25) is 0 Å². The van der Waals surface area contributed by atoms with Crippen LogP contribution in [-0.2, 0) is 10.0 Å². The lowest BCUT2D eigenvalue weighted by molar-refractivity contribution is 0.410. The third-order valence-electron chi connectivity index (χ3n) is 2.99. The van der Waals surface area contributed by atoms with Crippen molar-refractivity contribution in [2.75, 3.05) is 6.54 Å². The fourth-order valence-corrected chi connectivity index (χ4v) is 3.76. The number of rotatable bonds is 5. The van der Waals surface area contributed by atoms with E-state index >= 15 is 0 Å². The predicted molar refractivity (Wildman–Crippen MR) is 68.3 cm³/mol. The number of hydrogen-bond donors (Lipinski definition) is 0. The molecule has 0 spiro atoms. The van der Waals surface area contributed by atoms with E-state index in [9.17, 15) is 8.42 Å². The zero-order chi connectivity index (χ0) is 13.9. The molecule has 0 amide bonds. The molecule has 0 heterocycles. The molecule has 1 saturated carbocycles. The van der Waals surface area contributed by atoms with Crippen molar-refractivity contribution in [2.45, 2.75) is 30.2 Å². The predicted octanol–water partition coefficient (Wildman–Crippen LogP) is 1.63. The molecule has 1 aromatic carbocycles. The lowest BCUT2D eigenvalue weighted by Gasteiger charge is -2.21. The van der Waals surface area contributed by atoms with Crippen molar-refractivity contribution < 1.29 is 8.42 Å². The summed E-state index contributed by atoms with van der Waals surface area (Å²) in [6.45, 7) is 0.184. The molecule has 0 unspecified atom stereocenters. The minimum atomic E-state index is -3.69. The highest BCUT2D eigenvalue weighted by Crippen LogP contribution is 2.32. The Kier molecular flexibility index (Phi) is 3.84. The van der Waals surface area contributed by atoms with Gasteiger partial charge in [0.15, 0.2) is 0 Å². The van der Waals surface area contributed by atoms with Crippen molar-refractivity contribution in [1.82, 2.24) is 4.31 Å². The van der Waals surface area contributed by atoms with E-state index in [0.29, 0.717) is 0 Å². The Bertz CT molecular complexity index is 651. The molecule has 0 N–H and O–H groups in total. The first-order chi connectivity index (χ1) is 9.11. The van der Waals surface area contributed by atoms with Gasteiger partial charge < -0.3 is 0 Å². The van der Waals surface area contributed by atoms with Crippen LogP contribution in [0.2, 0.25) is 0 Å². The Hall–Kier alpha value is -1.89. The molecule has 0 radical (unpaired) electrons. The fourth-order valence-electron chi connectivity index (χ4n) is 1.93. The third-order valence-corrected chi connectivity index (χ3v) is 5.00. The molecule has 0 aromatic heterocycles. The summed E-state index contributed by atoms with van der Waals surface area (Å²) in [5, 5.41) is 17.6. The lowest BCUT2D eigenvalue weighted by Crippen LogP contribution is -2.34. The van der Waals surface area contributed by atoms with Gasteiger partial charge >= 0.3 is 0 Å². The Morgan fingerprint density at radius 2 is 1.95 bits per heavy atom. The van der Waals surface area contributed by atoms with Crippen molar-refractivity contribution in [2.24, 2.45) is 0 Å². The standard InChI is InChI=1S/C13H13N3O2S/c14-8-3-9-16(12-6-7-12)19(17,18)13-5-2-1-4-11(13)10-15/h1-2,4-5,12H,3,6-7,9H2. The maximum Gasteiger partial charge on any atom is 0.244 e. The average Bonchev–Trinajstić information content (AvgIpc) is 3.23. The van der Waals surface area contributed by atoms with Crippen LogP contribution in [0.25, 0.3) is 0 Å². The molecule has 1 aliphatic rings. The van der Waals surface area contributed by atoms with Crippen LogP contribution < -0.4 is 0 Å². The summed E-state index contributed by atoms with van der Waals surface area (Å²) in [7, 11) is -3.69. The van der Waals surface area contributed by atoms with E-state index in [0.717, 1.165) is 12.8 Å². The summed E-state index contributed by atoms with van der Waals surface area (Å²) in [6.07, 6.45) is 1.79. The normalized spacial score (nSPS) is 14.9. The lowest BCUT2D eigenvalue weighted by atomic mass is 10.2. The number of benzene rings is 1. The molecule has 5 nitrogen and oxygen atoms in total. The molecule has 0 aliphatic heterocycles. The molecule has 98 valence electrons. The maximum atomic E-state index is 12.6. The van der Waals surface area contributed by atoms with E-state index in [1.807, 2.05) is 12.1 Å². The van der Waals surface area contributed by atoms with Crippen molar-refractivity contribution in [3.63, 3.8) is 0 Å². The summed E-state index contributed by atoms with van der Waals surface area (Å²) in [4.78, 5) is 0.0299. The second-order valence-electron chi connectivity index (χ2n) is 4.36. The van der Waals surface area contributed by atoms with Crippen molar-refractivity contribution in [3.8, 4) is 12.1 Å². The summed E-state index contributed by atoms with van der Waals surface area (Å²) >= 11 is 0. The van der Waals surface area contributed by atoms with Crippen LogP contribution in [0.4, 0.5) is 0 Å². The highest BCUT2D eigenvalue weighted by Gasteiger charge is 2.38. The molecule has 6 heteroatoms. The second-order valence-corrected chi connectivity index (χ2v) is 6.22. The van der Waals surface area contributed by atoms with E-state index < -0.39 is 10.0 Å². The van der Waals surface area contributed by atoms with Gasteiger partial charge in [-0.05, 0) is 25.0 Å². The first kappa shape index (κ1) is 13.5. The van der Waals surface area contributed by atoms with Crippen LogP contribution in [0.3, 0.4) is 0 Å². The van der Waals surface area contributed by atoms with Gasteiger partial charge in [-0.2, -0.15) is 14.8 Å². The third kappa shape index (κ3) is 2.76. The molecule has 1 fully saturated rings. The van der Waals surface area contributed by atoms with Crippen LogP contribution in [0, 0.1) is 22.7 Å². The summed E-state index contributed by atoms with van der Waals surface area (Å²) in [5.41, 5.74) is 0.144.